The van der Waals surface area contributed by atoms with Crippen LogP contribution in [0, 0.1) is 0 Å². The van der Waals surface area contributed by atoms with Crippen molar-refractivity contribution in [2.45, 2.75) is 32.7 Å². The average molecular weight is 267 g/mol. The van der Waals surface area contributed by atoms with Gasteiger partial charge >= 0.3 is 0 Å². The van der Waals surface area contributed by atoms with E-state index in [1.165, 1.54) is 5.56 Å². The molecule has 0 aliphatic rings. The summed E-state index contributed by atoms with van der Waals surface area (Å²) in [4.78, 5) is 0. The lowest BCUT2D eigenvalue weighted by atomic mass is 10.1. The number of rotatable bonds is 9. The summed E-state index contributed by atoms with van der Waals surface area (Å²) >= 11 is 0. The predicted molar refractivity (Wildman–Crippen MR) is 77.0 cm³/mol. The number of hydrogen-bond acceptors (Lipinski definition) is 4. The van der Waals surface area contributed by atoms with Crippen LogP contribution in [-0.2, 0) is 6.42 Å². The summed E-state index contributed by atoms with van der Waals surface area (Å²) in [6, 6.07) is 6.08. The van der Waals surface area contributed by atoms with Gasteiger partial charge in [-0.15, -0.1) is 0 Å². The molecule has 1 atom stereocenters. The summed E-state index contributed by atoms with van der Waals surface area (Å²) in [6.07, 6.45) is 1.74. The fourth-order valence-electron chi connectivity index (χ4n) is 1.91. The van der Waals surface area contributed by atoms with Gasteiger partial charge in [0.1, 0.15) is 0 Å². The Balaban J connectivity index is 2.52. The lowest BCUT2D eigenvalue weighted by Gasteiger charge is -2.16. The van der Waals surface area contributed by atoms with Crippen LogP contribution in [0.5, 0.6) is 11.5 Å². The Bertz CT molecular complexity index is 368. The van der Waals surface area contributed by atoms with E-state index in [2.05, 4.69) is 12.2 Å². The quantitative estimate of drug-likeness (QED) is 0.718. The number of aliphatic hydroxyl groups is 1. The van der Waals surface area contributed by atoms with Gasteiger partial charge in [-0.05, 0) is 37.1 Å². The fraction of sp³-hybridized carbons (Fsp3) is 0.600. The molecule has 1 unspecified atom stereocenters. The molecule has 1 aromatic rings. The van der Waals surface area contributed by atoms with Crippen molar-refractivity contribution in [2.24, 2.45) is 0 Å². The third-order valence-electron chi connectivity index (χ3n) is 3.07. The zero-order valence-corrected chi connectivity index (χ0v) is 12.1. The molecule has 0 saturated carbocycles. The number of aryl methyl sites for hydroxylation is 1. The van der Waals surface area contributed by atoms with Crippen LogP contribution in [0.4, 0.5) is 0 Å². The van der Waals surface area contributed by atoms with Gasteiger partial charge in [0.05, 0.1) is 20.3 Å². The van der Waals surface area contributed by atoms with Crippen molar-refractivity contribution in [3.8, 4) is 11.5 Å². The molecule has 0 fully saturated rings. The normalized spacial score (nSPS) is 12.2. The fourth-order valence-corrected chi connectivity index (χ4v) is 1.91. The summed E-state index contributed by atoms with van der Waals surface area (Å²) in [6.45, 7) is 5.66. The van der Waals surface area contributed by atoms with Crippen molar-refractivity contribution in [2.75, 3.05) is 26.9 Å². The van der Waals surface area contributed by atoms with E-state index in [0.29, 0.717) is 6.61 Å². The van der Waals surface area contributed by atoms with E-state index in [-0.39, 0.29) is 12.6 Å². The molecule has 108 valence electrons. The predicted octanol–water partition coefficient (Wildman–Crippen LogP) is 2.00. The van der Waals surface area contributed by atoms with Crippen LogP contribution in [0.1, 0.15) is 25.8 Å². The van der Waals surface area contributed by atoms with Gasteiger partial charge in [0.15, 0.2) is 11.5 Å². The van der Waals surface area contributed by atoms with Crippen LogP contribution in [0.15, 0.2) is 18.2 Å². The second-order valence-electron chi connectivity index (χ2n) is 4.41. The molecule has 0 heterocycles. The molecule has 0 aliphatic heterocycles. The van der Waals surface area contributed by atoms with Crippen LogP contribution in [0.25, 0.3) is 0 Å². The minimum absolute atomic E-state index is 0.0888. The van der Waals surface area contributed by atoms with Gasteiger partial charge in [-0.25, -0.2) is 0 Å². The van der Waals surface area contributed by atoms with Gasteiger partial charge < -0.3 is 19.9 Å². The Labute approximate surface area is 115 Å². The number of aliphatic hydroxyl groups excluding tert-OH is 1. The van der Waals surface area contributed by atoms with E-state index in [1.54, 1.807) is 7.11 Å². The molecule has 19 heavy (non-hydrogen) atoms. The van der Waals surface area contributed by atoms with Crippen molar-refractivity contribution in [1.29, 1.82) is 0 Å². The van der Waals surface area contributed by atoms with E-state index in [4.69, 9.17) is 9.47 Å². The summed E-state index contributed by atoms with van der Waals surface area (Å²) in [5, 5.41) is 12.4. The first-order valence-corrected chi connectivity index (χ1v) is 6.89. The molecule has 0 amide bonds. The molecule has 1 aromatic carbocycles. The van der Waals surface area contributed by atoms with Gasteiger partial charge in [-0.1, -0.05) is 19.9 Å². The van der Waals surface area contributed by atoms with E-state index < -0.39 is 0 Å². The monoisotopic (exact) mass is 267 g/mol. The number of hydrogen-bond donors (Lipinski definition) is 2. The van der Waals surface area contributed by atoms with E-state index >= 15 is 0 Å². The van der Waals surface area contributed by atoms with Crippen LogP contribution in [0.3, 0.4) is 0 Å². The summed E-state index contributed by atoms with van der Waals surface area (Å²) in [5.41, 5.74) is 1.23. The van der Waals surface area contributed by atoms with Crippen LogP contribution < -0.4 is 14.8 Å². The molecule has 0 spiro atoms. The van der Waals surface area contributed by atoms with Crippen LogP contribution in [0.2, 0.25) is 0 Å². The van der Waals surface area contributed by atoms with Crippen molar-refractivity contribution in [3.63, 3.8) is 0 Å². The highest BCUT2D eigenvalue weighted by atomic mass is 16.5. The maximum Gasteiger partial charge on any atom is 0.161 e. The Hall–Kier alpha value is -1.26. The summed E-state index contributed by atoms with van der Waals surface area (Å²) in [5.74, 6) is 1.52. The molecule has 0 radical (unpaired) electrons. The third-order valence-corrected chi connectivity index (χ3v) is 3.07. The minimum atomic E-state index is 0.0888. The zero-order chi connectivity index (χ0) is 14.1. The second kappa shape index (κ2) is 8.77. The van der Waals surface area contributed by atoms with E-state index in [9.17, 15) is 5.11 Å². The van der Waals surface area contributed by atoms with Crippen molar-refractivity contribution in [1.82, 2.24) is 5.32 Å². The first-order chi connectivity index (χ1) is 9.24. The molecule has 4 heteroatoms. The van der Waals surface area contributed by atoms with E-state index in [1.807, 2.05) is 25.1 Å². The SMILES string of the molecule is CCNC(CO)CCOc1ccc(CC)cc1OC. The largest absolute Gasteiger partial charge is 0.493 e. The van der Waals surface area contributed by atoms with Gasteiger partial charge in [0.25, 0.3) is 0 Å². The molecule has 1 rings (SSSR count). The standard InChI is InChI=1S/C15H25NO3/c1-4-12-6-7-14(15(10-12)18-3)19-9-8-13(11-17)16-5-2/h6-7,10,13,16-17H,4-5,8-9,11H2,1-3H3. The number of methoxy groups -OCH3 is 1. The number of ether oxygens (including phenoxy) is 2. The lowest BCUT2D eigenvalue weighted by molar-refractivity contribution is 0.207. The van der Waals surface area contributed by atoms with Gasteiger partial charge in [0.2, 0.25) is 0 Å². The topological polar surface area (TPSA) is 50.7 Å². The Kier molecular flexibility index (Phi) is 7.30. The smallest absolute Gasteiger partial charge is 0.161 e. The maximum absolute atomic E-state index is 9.18. The molecule has 0 bridgehead atoms. The first-order valence-electron chi connectivity index (χ1n) is 6.89. The highest BCUT2D eigenvalue weighted by Crippen LogP contribution is 2.28. The summed E-state index contributed by atoms with van der Waals surface area (Å²) in [7, 11) is 1.65. The molecule has 0 aromatic heterocycles. The molecular weight excluding hydrogens is 242 g/mol. The second-order valence-corrected chi connectivity index (χ2v) is 4.41. The van der Waals surface area contributed by atoms with Crippen LogP contribution >= 0.6 is 0 Å². The highest BCUT2D eigenvalue weighted by molar-refractivity contribution is 5.42. The number of benzene rings is 1. The third kappa shape index (κ3) is 5.09. The molecule has 0 saturated heterocycles. The van der Waals surface area contributed by atoms with E-state index in [0.717, 1.165) is 30.9 Å². The van der Waals surface area contributed by atoms with Crippen molar-refractivity contribution in [3.05, 3.63) is 23.8 Å². The maximum atomic E-state index is 9.18. The first kappa shape index (κ1) is 15.8. The molecule has 0 aliphatic carbocycles. The summed E-state index contributed by atoms with van der Waals surface area (Å²) < 4.78 is 11.1. The zero-order valence-electron chi connectivity index (χ0n) is 12.1. The number of likely N-dealkylation sites (N-methyl/N-ethyl adjacent to an activating group) is 1. The average Bonchev–Trinajstić information content (AvgIpc) is 2.46. The minimum Gasteiger partial charge on any atom is -0.493 e. The van der Waals surface area contributed by atoms with Crippen molar-refractivity contribution >= 4 is 0 Å². The molecule has 2 N–H and O–H groups in total. The van der Waals surface area contributed by atoms with Gasteiger partial charge in [-0.3, -0.25) is 0 Å². The Morgan fingerprint density at radius 2 is 2.05 bits per heavy atom. The molecular formula is C15H25NO3. The Morgan fingerprint density at radius 1 is 1.26 bits per heavy atom. The lowest BCUT2D eigenvalue weighted by Crippen LogP contribution is -2.33. The highest BCUT2D eigenvalue weighted by Gasteiger charge is 2.08. The van der Waals surface area contributed by atoms with Crippen molar-refractivity contribution < 1.29 is 14.6 Å². The van der Waals surface area contributed by atoms with Gasteiger partial charge in [0, 0.05) is 6.04 Å². The number of nitrogens with one attached hydrogen (secondary N) is 1. The Morgan fingerprint density at radius 3 is 2.63 bits per heavy atom. The van der Waals surface area contributed by atoms with Crippen LogP contribution in [-0.4, -0.2) is 38.0 Å². The molecule has 4 nitrogen and oxygen atoms in total. The van der Waals surface area contributed by atoms with Gasteiger partial charge in [-0.2, -0.15) is 0 Å².